The molecule has 2 amide bonds. The van der Waals surface area contributed by atoms with Crippen LogP contribution in [0.5, 0.6) is 0 Å². The van der Waals surface area contributed by atoms with Crippen molar-refractivity contribution in [2.24, 2.45) is 5.92 Å². The quantitative estimate of drug-likeness (QED) is 0.722. The van der Waals surface area contributed by atoms with E-state index in [0.717, 1.165) is 0 Å². The zero-order chi connectivity index (χ0) is 21.5. The van der Waals surface area contributed by atoms with Gasteiger partial charge in [-0.1, -0.05) is 12.1 Å². The number of hydrogen-bond acceptors (Lipinski definition) is 5. The molecule has 158 valence electrons. The van der Waals surface area contributed by atoms with Crippen LogP contribution >= 0.6 is 0 Å². The van der Waals surface area contributed by atoms with Gasteiger partial charge in [-0.15, -0.1) is 0 Å². The average molecular weight is 432 g/mol. The molecule has 2 aliphatic heterocycles. The number of carbonyl (C=O) groups is 2. The molecule has 2 aromatic carbocycles. The maximum atomic E-state index is 14.0. The van der Waals surface area contributed by atoms with Crippen molar-refractivity contribution in [3.05, 3.63) is 48.3 Å². The lowest BCUT2D eigenvalue weighted by molar-refractivity contribution is -0.128. The monoisotopic (exact) mass is 432 g/mol. The van der Waals surface area contributed by atoms with Crippen molar-refractivity contribution >= 4 is 38.9 Å². The van der Waals surface area contributed by atoms with Crippen molar-refractivity contribution in [3.63, 3.8) is 0 Å². The van der Waals surface area contributed by atoms with Crippen LogP contribution in [-0.2, 0) is 19.6 Å². The second-order valence-corrected chi connectivity index (χ2v) is 9.19. The van der Waals surface area contributed by atoms with E-state index in [1.54, 1.807) is 18.2 Å². The molecule has 0 spiro atoms. The van der Waals surface area contributed by atoms with E-state index >= 15 is 0 Å². The molecule has 2 N–H and O–H groups in total. The molecule has 30 heavy (non-hydrogen) atoms. The van der Waals surface area contributed by atoms with E-state index in [1.165, 1.54) is 35.5 Å². The Hall–Kier alpha value is -2.98. The number of sulfonamides is 1. The number of carbonyl (C=O) groups excluding carboxylic acids is 2. The van der Waals surface area contributed by atoms with Gasteiger partial charge in [0, 0.05) is 26.2 Å². The first-order valence-corrected chi connectivity index (χ1v) is 11.0. The van der Waals surface area contributed by atoms with Crippen LogP contribution in [0.2, 0.25) is 0 Å². The second kappa shape index (κ2) is 7.69. The zero-order valence-corrected chi connectivity index (χ0v) is 17.1. The highest BCUT2D eigenvalue weighted by Crippen LogP contribution is 2.31. The lowest BCUT2D eigenvalue weighted by Gasteiger charge is -2.35. The van der Waals surface area contributed by atoms with Crippen LogP contribution in [-0.4, -0.2) is 50.7 Å². The van der Waals surface area contributed by atoms with Gasteiger partial charge in [-0.3, -0.25) is 9.59 Å². The zero-order valence-electron chi connectivity index (χ0n) is 16.3. The van der Waals surface area contributed by atoms with Crippen LogP contribution in [0.25, 0.3) is 0 Å². The number of hydrogen-bond donors (Lipinski definition) is 2. The smallest absolute Gasteiger partial charge is 0.243 e. The third kappa shape index (κ3) is 3.63. The van der Waals surface area contributed by atoms with Crippen LogP contribution in [0.4, 0.5) is 21.5 Å². The fourth-order valence-electron chi connectivity index (χ4n) is 3.52. The first-order valence-electron chi connectivity index (χ1n) is 9.53. The summed E-state index contributed by atoms with van der Waals surface area (Å²) in [7, 11) is -3.82. The van der Waals surface area contributed by atoms with Gasteiger partial charge in [0.1, 0.15) is 11.7 Å². The van der Waals surface area contributed by atoms with Crippen molar-refractivity contribution < 1.29 is 22.4 Å². The van der Waals surface area contributed by atoms with E-state index in [0.29, 0.717) is 24.5 Å². The number of nitrogens with one attached hydrogen (secondary N) is 2. The molecule has 0 aromatic heterocycles. The van der Waals surface area contributed by atoms with Gasteiger partial charge >= 0.3 is 0 Å². The molecule has 2 heterocycles. The van der Waals surface area contributed by atoms with Crippen LogP contribution in [0.1, 0.15) is 6.92 Å². The maximum absolute atomic E-state index is 14.0. The Labute approximate surface area is 173 Å². The topological polar surface area (TPSA) is 98.8 Å². The summed E-state index contributed by atoms with van der Waals surface area (Å²) < 4.78 is 41.6. The molecule has 0 radical (unpaired) electrons. The van der Waals surface area contributed by atoms with Crippen molar-refractivity contribution in [1.29, 1.82) is 0 Å². The summed E-state index contributed by atoms with van der Waals surface area (Å²) in [5.74, 6) is -2.18. The molecule has 0 unspecified atom stereocenters. The molecule has 2 aromatic rings. The van der Waals surface area contributed by atoms with Crippen molar-refractivity contribution in [3.8, 4) is 0 Å². The summed E-state index contributed by atoms with van der Waals surface area (Å²) in [6.07, 6.45) is 0. The summed E-state index contributed by atoms with van der Waals surface area (Å²) >= 11 is 0. The number of anilines is 3. The number of rotatable bonds is 3. The predicted octanol–water partition coefficient (Wildman–Crippen LogP) is 1.86. The Morgan fingerprint density at radius 3 is 2.23 bits per heavy atom. The lowest BCUT2D eigenvalue weighted by Crippen LogP contribution is -2.48. The summed E-state index contributed by atoms with van der Waals surface area (Å²) in [5, 5.41) is 5.21. The number of benzene rings is 2. The van der Waals surface area contributed by atoms with Crippen molar-refractivity contribution in [2.45, 2.75) is 11.8 Å². The lowest BCUT2D eigenvalue weighted by atomic mass is 10.1. The third-order valence-corrected chi connectivity index (χ3v) is 7.26. The Balaban J connectivity index is 1.54. The van der Waals surface area contributed by atoms with E-state index in [4.69, 9.17) is 0 Å². The maximum Gasteiger partial charge on any atom is 0.243 e. The Morgan fingerprint density at radius 1 is 0.933 bits per heavy atom. The predicted molar refractivity (Wildman–Crippen MR) is 110 cm³/mol. The van der Waals surface area contributed by atoms with Crippen LogP contribution in [0.3, 0.4) is 0 Å². The molecule has 8 nitrogen and oxygen atoms in total. The molecular formula is C20H21FN4O4S. The molecule has 4 rings (SSSR count). The highest BCUT2D eigenvalue weighted by molar-refractivity contribution is 7.89. The van der Waals surface area contributed by atoms with E-state index in [9.17, 15) is 22.4 Å². The number of para-hydroxylation sites is 1. The highest BCUT2D eigenvalue weighted by atomic mass is 32.2. The molecule has 0 aliphatic carbocycles. The van der Waals surface area contributed by atoms with Gasteiger partial charge in [0.2, 0.25) is 21.8 Å². The van der Waals surface area contributed by atoms with Crippen LogP contribution in [0, 0.1) is 11.7 Å². The molecule has 10 heteroatoms. The summed E-state index contributed by atoms with van der Waals surface area (Å²) in [5.41, 5.74) is 1.04. The van der Waals surface area contributed by atoms with Gasteiger partial charge in [0.25, 0.3) is 0 Å². The minimum atomic E-state index is -3.82. The summed E-state index contributed by atoms with van der Waals surface area (Å²) in [4.78, 5) is 25.9. The standard InChI is InChI=1S/C20H21FN4O4S/c1-13-19(26)22-16-7-6-14(12-17(16)23-20(13)27)30(28,29)25-10-8-24(9-11-25)18-5-3-2-4-15(18)21/h2-7,12-13H,8-11H2,1H3,(H,22,26)(H,23,27)/t13-/m0/s1. The second-order valence-electron chi connectivity index (χ2n) is 7.25. The van der Waals surface area contributed by atoms with E-state index in [2.05, 4.69) is 10.6 Å². The van der Waals surface area contributed by atoms with Crippen LogP contribution in [0.15, 0.2) is 47.4 Å². The molecule has 1 fully saturated rings. The normalized spacial score (nSPS) is 20.2. The Kier molecular flexibility index (Phi) is 5.20. The van der Waals surface area contributed by atoms with Gasteiger partial charge in [-0.05, 0) is 37.3 Å². The van der Waals surface area contributed by atoms with E-state index in [-0.39, 0.29) is 29.5 Å². The highest BCUT2D eigenvalue weighted by Gasteiger charge is 2.31. The average Bonchev–Trinajstić information content (AvgIpc) is 2.84. The SMILES string of the molecule is C[C@H]1C(=O)Nc2ccc(S(=O)(=O)N3CCN(c4ccccc4F)CC3)cc2NC1=O. The van der Waals surface area contributed by atoms with Crippen molar-refractivity contribution in [2.75, 3.05) is 41.7 Å². The molecular weight excluding hydrogens is 411 g/mol. The molecule has 0 bridgehead atoms. The largest absolute Gasteiger partial charge is 0.367 e. The van der Waals surface area contributed by atoms with Crippen LogP contribution < -0.4 is 15.5 Å². The number of piperazine rings is 1. The first kappa shape index (κ1) is 20.3. The minimum absolute atomic E-state index is 0.0182. The van der Waals surface area contributed by atoms with Gasteiger partial charge in [0.05, 0.1) is 22.0 Å². The summed E-state index contributed by atoms with van der Waals surface area (Å²) in [6.45, 7) is 2.59. The van der Waals surface area contributed by atoms with Gasteiger partial charge in [0.15, 0.2) is 0 Å². The number of fused-ring (bicyclic) bond motifs is 1. The first-order chi connectivity index (χ1) is 14.3. The number of halogens is 1. The molecule has 2 aliphatic rings. The van der Waals surface area contributed by atoms with E-state index in [1.807, 2.05) is 4.90 Å². The summed E-state index contributed by atoms with van der Waals surface area (Å²) in [6, 6.07) is 10.6. The van der Waals surface area contributed by atoms with Gasteiger partial charge in [-0.2, -0.15) is 4.31 Å². The van der Waals surface area contributed by atoms with E-state index < -0.39 is 27.8 Å². The molecule has 1 atom stereocenters. The molecule has 1 saturated heterocycles. The fraction of sp³-hybridized carbons (Fsp3) is 0.300. The molecule has 0 saturated carbocycles. The third-order valence-electron chi connectivity index (χ3n) is 5.36. The van der Waals surface area contributed by atoms with Crippen molar-refractivity contribution in [1.82, 2.24) is 4.31 Å². The Bertz CT molecular complexity index is 1110. The minimum Gasteiger partial charge on any atom is -0.367 e. The fourth-order valence-corrected chi connectivity index (χ4v) is 4.97. The number of amides is 2. The van der Waals surface area contributed by atoms with Gasteiger partial charge in [-0.25, -0.2) is 12.8 Å². The Morgan fingerprint density at radius 2 is 1.57 bits per heavy atom. The van der Waals surface area contributed by atoms with Gasteiger partial charge < -0.3 is 15.5 Å². The number of nitrogens with zero attached hydrogens (tertiary/aromatic N) is 2.